The summed E-state index contributed by atoms with van der Waals surface area (Å²) in [5, 5.41) is 3.98. The van der Waals surface area contributed by atoms with Crippen LogP contribution in [0.25, 0.3) is 0 Å². The summed E-state index contributed by atoms with van der Waals surface area (Å²) in [6.45, 7) is 6.14. The average Bonchev–Trinajstić information content (AvgIpc) is 2.63. The smallest absolute Gasteiger partial charge is 0.240 e. The van der Waals surface area contributed by atoms with Gasteiger partial charge in [-0.25, -0.2) is 5.43 Å². The average molecular weight is 354 g/mol. The quantitative estimate of drug-likeness (QED) is 0.318. The van der Waals surface area contributed by atoms with Crippen LogP contribution >= 0.6 is 11.8 Å². The Bertz CT molecular complexity index is 709. The molecule has 1 amide bonds. The number of nitrogens with zero attached hydrogens (tertiary/aromatic N) is 1. The monoisotopic (exact) mass is 354 g/mol. The van der Waals surface area contributed by atoms with Crippen LogP contribution in [-0.4, -0.2) is 24.5 Å². The van der Waals surface area contributed by atoms with E-state index in [0.29, 0.717) is 13.0 Å². The minimum Gasteiger partial charge on any atom is -0.490 e. The van der Waals surface area contributed by atoms with Crippen LogP contribution < -0.4 is 10.2 Å². The van der Waals surface area contributed by atoms with Crippen molar-refractivity contribution < 1.29 is 9.53 Å². The molecule has 0 heterocycles. The van der Waals surface area contributed by atoms with Gasteiger partial charge in [-0.2, -0.15) is 5.10 Å². The normalized spacial score (nSPS) is 10.6. The summed E-state index contributed by atoms with van der Waals surface area (Å²) in [6, 6.07) is 15.7. The van der Waals surface area contributed by atoms with Crippen molar-refractivity contribution in [3.8, 4) is 5.75 Å². The second-order valence-corrected chi connectivity index (χ2v) is 6.54. The Balaban J connectivity index is 1.69. The summed E-state index contributed by atoms with van der Waals surface area (Å²) in [7, 11) is 0. The molecule has 0 unspecified atom stereocenters. The van der Waals surface area contributed by atoms with E-state index in [0.717, 1.165) is 17.1 Å². The van der Waals surface area contributed by atoms with Gasteiger partial charge in [-0.3, -0.25) is 4.79 Å². The summed E-state index contributed by atoms with van der Waals surface area (Å²) in [6.07, 6.45) is 3.73. The highest BCUT2D eigenvalue weighted by atomic mass is 32.2. The maximum atomic E-state index is 11.8. The zero-order chi connectivity index (χ0) is 17.9. The summed E-state index contributed by atoms with van der Waals surface area (Å²) in [5.41, 5.74) is 4.67. The van der Waals surface area contributed by atoms with E-state index in [4.69, 9.17) is 4.74 Å². The Morgan fingerprint density at radius 3 is 2.60 bits per heavy atom. The van der Waals surface area contributed by atoms with E-state index in [1.807, 2.05) is 24.3 Å². The zero-order valence-electron chi connectivity index (χ0n) is 14.3. The number of thioether (sulfide) groups is 1. The Morgan fingerprint density at radius 1 is 1.20 bits per heavy atom. The zero-order valence-corrected chi connectivity index (χ0v) is 15.1. The Kier molecular flexibility index (Phi) is 7.79. The summed E-state index contributed by atoms with van der Waals surface area (Å²) >= 11 is 1.66. The molecule has 0 aliphatic carbocycles. The summed E-state index contributed by atoms with van der Waals surface area (Å²) in [4.78, 5) is 12.9. The number of carbonyl (C=O) groups excluding carboxylic acids is 1. The highest BCUT2D eigenvalue weighted by Gasteiger charge is 2.01. The van der Waals surface area contributed by atoms with Gasteiger partial charge < -0.3 is 4.74 Å². The molecule has 25 heavy (non-hydrogen) atoms. The number of rotatable bonds is 9. The molecule has 2 aromatic rings. The molecule has 4 nitrogen and oxygen atoms in total. The lowest BCUT2D eigenvalue weighted by molar-refractivity contribution is -0.120. The lowest BCUT2D eigenvalue weighted by Crippen LogP contribution is -2.17. The highest BCUT2D eigenvalue weighted by Crippen LogP contribution is 2.18. The molecule has 130 valence electrons. The summed E-state index contributed by atoms with van der Waals surface area (Å²) < 4.78 is 5.41. The Labute approximate surface area is 153 Å². The first kappa shape index (κ1) is 18.8. The fourth-order valence-corrected chi connectivity index (χ4v) is 2.79. The highest BCUT2D eigenvalue weighted by molar-refractivity contribution is 7.99. The molecule has 0 aliphatic rings. The molecule has 0 atom stereocenters. The number of amides is 1. The number of hydrogen-bond donors (Lipinski definition) is 1. The first-order valence-corrected chi connectivity index (χ1v) is 9.01. The number of carbonyl (C=O) groups is 1. The fourth-order valence-electron chi connectivity index (χ4n) is 1.94. The van der Waals surface area contributed by atoms with Gasteiger partial charge >= 0.3 is 0 Å². The molecule has 2 rings (SSSR count). The molecule has 0 spiro atoms. The third-order valence-electron chi connectivity index (χ3n) is 3.27. The number of aryl methyl sites for hydroxylation is 1. The van der Waals surface area contributed by atoms with Crippen molar-refractivity contribution in [1.29, 1.82) is 0 Å². The van der Waals surface area contributed by atoms with Crippen LogP contribution in [0, 0.1) is 6.92 Å². The van der Waals surface area contributed by atoms with Crippen LogP contribution in [-0.2, 0) is 4.79 Å². The van der Waals surface area contributed by atoms with Crippen LogP contribution in [0.3, 0.4) is 0 Å². The second kappa shape index (κ2) is 10.4. The van der Waals surface area contributed by atoms with Crippen LogP contribution in [0.5, 0.6) is 5.75 Å². The lowest BCUT2D eigenvalue weighted by atomic mass is 10.2. The number of ether oxygens (including phenoxy) is 1. The van der Waals surface area contributed by atoms with Crippen molar-refractivity contribution in [3.63, 3.8) is 0 Å². The van der Waals surface area contributed by atoms with Gasteiger partial charge in [-0.05, 0) is 48.9 Å². The van der Waals surface area contributed by atoms with Gasteiger partial charge in [0.15, 0.2) is 0 Å². The maximum absolute atomic E-state index is 11.8. The summed E-state index contributed by atoms with van der Waals surface area (Å²) in [5.74, 6) is 1.40. The minimum atomic E-state index is -0.0956. The first-order valence-electron chi connectivity index (χ1n) is 8.02. The van der Waals surface area contributed by atoms with E-state index in [1.165, 1.54) is 10.5 Å². The molecule has 0 fully saturated rings. The Hall–Kier alpha value is -2.53. The minimum absolute atomic E-state index is 0.0956. The molecule has 1 N–H and O–H groups in total. The van der Waals surface area contributed by atoms with E-state index in [2.05, 4.69) is 48.3 Å². The number of hydrogen-bond acceptors (Lipinski definition) is 4. The van der Waals surface area contributed by atoms with Crippen LogP contribution in [0.4, 0.5) is 0 Å². The van der Waals surface area contributed by atoms with Crippen molar-refractivity contribution in [2.75, 3.05) is 12.4 Å². The number of hydrazone groups is 1. The van der Waals surface area contributed by atoms with Gasteiger partial charge in [0.2, 0.25) is 5.91 Å². The third kappa shape index (κ3) is 7.27. The molecular weight excluding hydrogens is 332 g/mol. The molecule has 0 saturated heterocycles. The third-order valence-corrected chi connectivity index (χ3v) is 4.28. The van der Waals surface area contributed by atoms with Gasteiger partial charge in [-0.15, -0.1) is 11.8 Å². The van der Waals surface area contributed by atoms with Gasteiger partial charge in [0.25, 0.3) is 0 Å². The molecule has 0 bridgehead atoms. The SMILES string of the molecule is C=CCOc1ccc(/C=N\NC(=O)CCSc2ccc(C)cc2)cc1. The van der Waals surface area contributed by atoms with Crippen molar-refractivity contribution >= 4 is 23.9 Å². The van der Waals surface area contributed by atoms with E-state index in [1.54, 1.807) is 24.1 Å². The molecule has 2 aromatic carbocycles. The van der Waals surface area contributed by atoms with Gasteiger partial charge in [0.1, 0.15) is 12.4 Å². The molecule has 0 radical (unpaired) electrons. The van der Waals surface area contributed by atoms with Crippen molar-refractivity contribution in [2.24, 2.45) is 5.10 Å². The number of benzene rings is 2. The van der Waals surface area contributed by atoms with E-state index in [-0.39, 0.29) is 5.91 Å². The Morgan fingerprint density at radius 2 is 1.92 bits per heavy atom. The topological polar surface area (TPSA) is 50.7 Å². The number of nitrogens with one attached hydrogen (secondary N) is 1. The largest absolute Gasteiger partial charge is 0.490 e. The van der Waals surface area contributed by atoms with Crippen molar-refractivity contribution in [3.05, 3.63) is 72.3 Å². The second-order valence-electron chi connectivity index (χ2n) is 5.37. The predicted octanol–water partition coefficient (Wildman–Crippen LogP) is 4.19. The van der Waals surface area contributed by atoms with Crippen LogP contribution in [0.15, 0.2) is 71.2 Å². The maximum Gasteiger partial charge on any atom is 0.240 e. The molecule has 0 saturated carbocycles. The standard InChI is InChI=1S/C20H22N2O2S/c1-3-13-24-18-8-6-17(7-9-18)15-21-22-20(23)12-14-25-19-10-4-16(2)5-11-19/h3-11,15H,1,12-14H2,2H3,(H,22,23)/b21-15-. The first-order chi connectivity index (χ1) is 12.2. The molecule has 0 aromatic heterocycles. The van der Waals surface area contributed by atoms with E-state index in [9.17, 15) is 4.79 Å². The van der Waals surface area contributed by atoms with Gasteiger partial charge in [0.05, 0.1) is 6.21 Å². The van der Waals surface area contributed by atoms with Crippen molar-refractivity contribution in [2.45, 2.75) is 18.2 Å². The van der Waals surface area contributed by atoms with Gasteiger partial charge in [0, 0.05) is 17.1 Å². The van der Waals surface area contributed by atoms with Crippen molar-refractivity contribution in [1.82, 2.24) is 5.43 Å². The van der Waals surface area contributed by atoms with Crippen LogP contribution in [0.1, 0.15) is 17.5 Å². The lowest BCUT2D eigenvalue weighted by Gasteiger charge is -2.03. The predicted molar refractivity (Wildman–Crippen MR) is 104 cm³/mol. The molecular formula is C20H22N2O2S. The van der Waals surface area contributed by atoms with Gasteiger partial charge in [-0.1, -0.05) is 30.4 Å². The fraction of sp³-hybridized carbons (Fsp3) is 0.200. The molecule has 5 heteroatoms. The molecule has 0 aliphatic heterocycles. The van der Waals surface area contributed by atoms with E-state index < -0.39 is 0 Å². The van der Waals surface area contributed by atoms with Crippen LogP contribution in [0.2, 0.25) is 0 Å². The van der Waals surface area contributed by atoms with E-state index >= 15 is 0 Å².